The van der Waals surface area contributed by atoms with Crippen LogP contribution in [0.4, 0.5) is 5.69 Å². The Kier molecular flexibility index (Phi) is 6.28. The van der Waals surface area contributed by atoms with Gasteiger partial charge in [-0.2, -0.15) is 0 Å². The number of rotatable bonds is 7. The fourth-order valence-corrected chi connectivity index (χ4v) is 4.53. The number of nitrogens with one attached hydrogen (secondary N) is 1. The zero-order valence-corrected chi connectivity index (χ0v) is 18.0. The molecule has 0 spiro atoms. The SMILES string of the molecule is COc1ccc(NC(=O)CSc2nc3c(n2-c2ccccc2)CCCC3)c(OC)c1. The number of benzene rings is 2. The summed E-state index contributed by atoms with van der Waals surface area (Å²) in [5.74, 6) is 1.39. The first kappa shape index (κ1) is 20.3. The molecule has 0 atom stereocenters. The zero-order valence-electron chi connectivity index (χ0n) is 17.2. The van der Waals surface area contributed by atoms with Gasteiger partial charge in [-0.15, -0.1) is 0 Å². The molecule has 3 aromatic rings. The van der Waals surface area contributed by atoms with Gasteiger partial charge in [-0.1, -0.05) is 30.0 Å². The normalized spacial score (nSPS) is 12.9. The van der Waals surface area contributed by atoms with Crippen LogP contribution in [0.15, 0.2) is 53.7 Å². The summed E-state index contributed by atoms with van der Waals surface area (Å²) in [7, 11) is 3.17. The number of carbonyl (C=O) groups is 1. The maximum atomic E-state index is 12.6. The Bertz CT molecular complexity index is 1030. The molecule has 1 aromatic heterocycles. The van der Waals surface area contributed by atoms with E-state index in [4.69, 9.17) is 14.5 Å². The number of aromatic nitrogens is 2. The number of carbonyl (C=O) groups excluding carboxylic acids is 1. The van der Waals surface area contributed by atoms with Crippen molar-refractivity contribution in [3.05, 3.63) is 59.9 Å². The van der Waals surface area contributed by atoms with Gasteiger partial charge in [0.15, 0.2) is 5.16 Å². The smallest absolute Gasteiger partial charge is 0.234 e. The average Bonchev–Trinajstić information content (AvgIpc) is 3.17. The van der Waals surface area contributed by atoms with E-state index in [1.54, 1.807) is 32.4 Å². The fourth-order valence-electron chi connectivity index (χ4n) is 3.67. The second-order valence-corrected chi connectivity index (χ2v) is 8.01. The van der Waals surface area contributed by atoms with Crippen molar-refractivity contribution in [2.24, 2.45) is 0 Å². The van der Waals surface area contributed by atoms with Crippen LogP contribution in [0, 0.1) is 0 Å². The molecule has 0 unspecified atom stereocenters. The summed E-state index contributed by atoms with van der Waals surface area (Å²) >= 11 is 1.46. The minimum atomic E-state index is -0.107. The summed E-state index contributed by atoms with van der Waals surface area (Å²) in [5, 5.41) is 3.79. The first-order valence-electron chi connectivity index (χ1n) is 10.00. The van der Waals surface area contributed by atoms with Crippen molar-refractivity contribution in [3.8, 4) is 17.2 Å². The van der Waals surface area contributed by atoms with Gasteiger partial charge >= 0.3 is 0 Å². The molecule has 30 heavy (non-hydrogen) atoms. The topological polar surface area (TPSA) is 65.4 Å². The molecule has 0 bridgehead atoms. The van der Waals surface area contributed by atoms with E-state index in [1.165, 1.54) is 30.3 Å². The van der Waals surface area contributed by atoms with Gasteiger partial charge in [0.2, 0.25) is 5.91 Å². The van der Waals surface area contributed by atoms with E-state index in [9.17, 15) is 4.79 Å². The second-order valence-electron chi connectivity index (χ2n) is 7.07. The van der Waals surface area contributed by atoms with E-state index < -0.39 is 0 Å². The van der Waals surface area contributed by atoms with E-state index in [0.29, 0.717) is 17.2 Å². The quantitative estimate of drug-likeness (QED) is 0.567. The van der Waals surface area contributed by atoms with Crippen LogP contribution in [0.5, 0.6) is 11.5 Å². The standard InChI is InChI=1S/C23H25N3O3S/c1-28-17-12-13-19(21(14-17)29-2)24-22(27)15-30-23-25-18-10-6-7-11-20(18)26(23)16-8-4-3-5-9-16/h3-5,8-9,12-14H,6-7,10-11,15H2,1-2H3,(H,24,27). The Morgan fingerprint density at radius 1 is 1.10 bits per heavy atom. The highest BCUT2D eigenvalue weighted by atomic mass is 32.2. The first-order valence-corrected chi connectivity index (χ1v) is 11.0. The van der Waals surface area contributed by atoms with Crippen LogP contribution in [-0.4, -0.2) is 35.4 Å². The summed E-state index contributed by atoms with van der Waals surface area (Å²) in [6, 6.07) is 15.6. The minimum absolute atomic E-state index is 0.107. The number of anilines is 1. The van der Waals surface area contributed by atoms with Crippen LogP contribution >= 0.6 is 11.8 Å². The van der Waals surface area contributed by atoms with Gasteiger partial charge in [-0.25, -0.2) is 4.98 Å². The molecule has 2 aromatic carbocycles. The molecular formula is C23H25N3O3S. The van der Waals surface area contributed by atoms with Crippen molar-refractivity contribution in [2.75, 3.05) is 25.3 Å². The van der Waals surface area contributed by atoms with Crippen LogP contribution in [0.3, 0.4) is 0 Å². The third kappa shape index (κ3) is 4.31. The molecule has 1 heterocycles. The molecule has 4 rings (SSSR count). The van der Waals surface area contributed by atoms with E-state index in [-0.39, 0.29) is 11.7 Å². The number of para-hydroxylation sites is 1. The molecule has 1 aliphatic carbocycles. The molecule has 6 nitrogen and oxygen atoms in total. The van der Waals surface area contributed by atoms with Crippen molar-refractivity contribution >= 4 is 23.4 Å². The van der Waals surface area contributed by atoms with Crippen LogP contribution in [0.1, 0.15) is 24.2 Å². The summed E-state index contributed by atoms with van der Waals surface area (Å²) in [6.07, 6.45) is 4.36. The molecule has 0 saturated carbocycles. The number of aryl methyl sites for hydroxylation is 1. The minimum Gasteiger partial charge on any atom is -0.497 e. The van der Waals surface area contributed by atoms with Crippen LogP contribution in [0.25, 0.3) is 5.69 Å². The monoisotopic (exact) mass is 423 g/mol. The number of hydrogen-bond donors (Lipinski definition) is 1. The Balaban J connectivity index is 1.51. The van der Waals surface area contributed by atoms with Gasteiger partial charge in [0, 0.05) is 17.4 Å². The van der Waals surface area contributed by atoms with Gasteiger partial charge < -0.3 is 14.8 Å². The number of hydrogen-bond acceptors (Lipinski definition) is 5. The Morgan fingerprint density at radius 3 is 2.67 bits per heavy atom. The van der Waals surface area contributed by atoms with Crippen molar-refractivity contribution in [2.45, 2.75) is 30.8 Å². The van der Waals surface area contributed by atoms with E-state index in [1.807, 2.05) is 18.2 Å². The molecule has 0 saturated heterocycles. The highest BCUT2D eigenvalue weighted by molar-refractivity contribution is 7.99. The van der Waals surface area contributed by atoms with Crippen molar-refractivity contribution in [3.63, 3.8) is 0 Å². The van der Waals surface area contributed by atoms with E-state index in [2.05, 4.69) is 22.0 Å². The highest BCUT2D eigenvalue weighted by Gasteiger charge is 2.22. The van der Waals surface area contributed by atoms with Crippen molar-refractivity contribution in [1.82, 2.24) is 9.55 Å². The number of amides is 1. The summed E-state index contributed by atoms with van der Waals surface area (Å²) in [6.45, 7) is 0. The third-order valence-corrected chi connectivity index (χ3v) is 6.07. The summed E-state index contributed by atoms with van der Waals surface area (Å²) in [5.41, 5.74) is 4.14. The van der Waals surface area contributed by atoms with Gasteiger partial charge in [0.1, 0.15) is 11.5 Å². The van der Waals surface area contributed by atoms with Crippen LogP contribution < -0.4 is 14.8 Å². The lowest BCUT2D eigenvalue weighted by molar-refractivity contribution is -0.113. The molecular weight excluding hydrogens is 398 g/mol. The van der Waals surface area contributed by atoms with E-state index in [0.717, 1.165) is 29.4 Å². The van der Waals surface area contributed by atoms with Gasteiger partial charge in [0.25, 0.3) is 0 Å². The Labute approximate surface area is 180 Å². The maximum Gasteiger partial charge on any atom is 0.234 e. The third-order valence-electron chi connectivity index (χ3n) is 5.13. The lowest BCUT2D eigenvalue weighted by atomic mass is 10.0. The molecule has 1 aliphatic rings. The van der Waals surface area contributed by atoms with Gasteiger partial charge in [0.05, 0.1) is 31.4 Å². The fraction of sp³-hybridized carbons (Fsp3) is 0.304. The molecule has 1 N–H and O–H groups in total. The average molecular weight is 424 g/mol. The van der Waals surface area contributed by atoms with Gasteiger partial charge in [-0.05, 0) is 49.9 Å². The van der Waals surface area contributed by atoms with Crippen molar-refractivity contribution in [1.29, 1.82) is 0 Å². The molecule has 0 aliphatic heterocycles. The largest absolute Gasteiger partial charge is 0.497 e. The predicted octanol–water partition coefficient (Wildman–Crippen LogP) is 4.50. The highest BCUT2D eigenvalue weighted by Crippen LogP contribution is 2.32. The number of nitrogens with zero attached hydrogens (tertiary/aromatic N) is 2. The Hall–Kier alpha value is -2.93. The first-order chi connectivity index (χ1) is 14.7. The number of methoxy groups -OCH3 is 2. The summed E-state index contributed by atoms with van der Waals surface area (Å²) < 4.78 is 12.8. The molecule has 0 radical (unpaired) electrons. The van der Waals surface area contributed by atoms with Crippen molar-refractivity contribution < 1.29 is 14.3 Å². The zero-order chi connectivity index (χ0) is 20.9. The maximum absolute atomic E-state index is 12.6. The molecule has 7 heteroatoms. The molecule has 1 amide bonds. The Morgan fingerprint density at radius 2 is 1.90 bits per heavy atom. The number of ether oxygens (including phenoxy) is 2. The molecule has 156 valence electrons. The number of fused-ring (bicyclic) bond motifs is 1. The van der Waals surface area contributed by atoms with E-state index >= 15 is 0 Å². The van der Waals surface area contributed by atoms with Crippen LogP contribution in [0.2, 0.25) is 0 Å². The van der Waals surface area contributed by atoms with Crippen LogP contribution in [-0.2, 0) is 17.6 Å². The predicted molar refractivity (Wildman–Crippen MR) is 119 cm³/mol. The summed E-state index contributed by atoms with van der Waals surface area (Å²) in [4.78, 5) is 17.5. The lowest BCUT2D eigenvalue weighted by Gasteiger charge is -2.15. The molecule has 0 fully saturated rings. The second kappa shape index (κ2) is 9.26. The number of thioether (sulfide) groups is 1. The van der Waals surface area contributed by atoms with Gasteiger partial charge in [-0.3, -0.25) is 9.36 Å². The lowest BCUT2D eigenvalue weighted by Crippen LogP contribution is -2.15. The number of imidazole rings is 1.